The molecule has 1 amide bonds. The van der Waals surface area contributed by atoms with Crippen LogP contribution in [0.3, 0.4) is 0 Å². The quantitative estimate of drug-likeness (QED) is 0.411. The van der Waals surface area contributed by atoms with Crippen molar-refractivity contribution in [2.75, 3.05) is 6.54 Å². The third-order valence-corrected chi connectivity index (χ3v) is 4.64. The number of ketones is 1. The summed E-state index contributed by atoms with van der Waals surface area (Å²) in [5, 5.41) is 4.79. The molecule has 1 N–H and O–H groups in total. The molecule has 0 atom stereocenters. The highest BCUT2D eigenvalue weighted by Crippen LogP contribution is 2.12. The molecule has 124 valence electrons. The van der Waals surface area contributed by atoms with Crippen molar-refractivity contribution in [1.82, 2.24) is 5.32 Å². The van der Waals surface area contributed by atoms with Crippen LogP contribution < -0.4 is 5.32 Å². The normalized spacial score (nSPS) is 10.6. The Morgan fingerprint density at radius 1 is 1.00 bits per heavy atom. The minimum atomic E-state index is -0.00662. The average molecular weight is 324 g/mol. The smallest absolute Gasteiger partial charge is 0.220 e. The lowest BCUT2D eigenvalue weighted by molar-refractivity contribution is -0.121. The molecule has 0 saturated heterocycles. The van der Waals surface area contributed by atoms with Crippen molar-refractivity contribution in [1.29, 1.82) is 0 Å². The summed E-state index contributed by atoms with van der Waals surface area (Å²) in [6.45, 7) is 2.97. The highest BCUT2D eigenvalue weighted by Gasteiger charge is 2.09. The Morgan fingerprint density at radius 3 is 2.32 bits per heavy atom. The van der Waals surface area contributed by atoms with Crippen LogP contribution in [0.15, 0.2) is 17.5 Å². The van der Waals surface area contributed by atoms with Gasteiger partial charge in [0, 0.05) is 19.4 Å². The first-order chi connectivity index (χ1) is 10.7. The molecule has 0 radical (unpaired) electrons. The van der Waals surface area contributed by atoms with Crippen LogP contribution in [0.5, 0.6) is 0 Å². The summed E-state index contributed by atoms with van der Waals surface area (Å²) in [7, 11) is 0. The zero-order valence-corrected chi connectivity index (χ0v) is 14.6. The van der Waals surface area contributed by atoms with E-state index in [9.17, 15) is 9.59 Å². The first-order valence-electron chi connectivity index (χ1n) is 8.57. The third-order valence-electron chi connectivity index (χ3n) is 3.73. The van der Waals surface area contributed by atoms with Crippen molar-refractivity contribution in [2.45, 2.75) is 71.1 Å². The van der Waals surface area contributed by atoms with Gasteiger partial charge in [0.1, 0.15) is 0 Å². The zero-order chi connectivity index (χ0) is 16.0. The van der Waals surface area contributed by atoms with Gasteiger partial charge in [-0.3, -0.25) is 9.59 Å². The number of unbranched alkanes of at least 4 members (excludes halogenated alkanes) is 7. The van der Waals surface area contributed by atoms with Crippen molar-refractivity contribution in [3.63, 3.8) is 0 Å². The van der Waals surface area contributed by atoms with Crippen LogP contribution in [0.25, 0.3) is 0 Å². The second kappa shape index (κ2) is 12.4. The van der Waals surface area contributed by atoms with Crippen LogP contribution in [-0.4, -0.2) is 18.2 Å². The molecule has 1 heterocycles. The highest BCUT2D eigenvalue weighted by molar-refractivity contribution is 7.12. The van der Waals surface area contributed by atoms with Gasteiger partial charge in [-0.1, -0.05) is 57.9 Å². The van der Waals surface area contributed by atoms with Gasteiger partial charge in [0.15, 0.2) is 5.78 Å². The van der Waals surface area contributed by atoms with E-state index in [2.05, 4.69) is 12.2 Å². The number of nitrogens with one attached hydrogen (secondary N) is 1. The second-order valence-corrected chi connectivity index (χ2v) is 6.67. The van der Waals surface area contributed by atoms with Gasteiger partial charge in [-0.05, 0) is 17.9 Å². The SMILES string of the molecule is CCCCCCCCCCNC(=O)CCC(=O)c1cccs1. The van der Waals surface area contributed by atoms with Crippen LogP contribution in [0.2, 0.25) is 0 Å². The maximum absolute atomic E-state index is 11.8. The molecule has 0 fully saturated rings. The van der Waals surface area contributed by atoms with Crippen molar-refractivity contribution in [3.05, 3.63) is 22.4 Å². The molecule has 0 aliphatic carbocycles. The van der Waals surface area contributed by atoms with E-state index in [0.717, 1.165) is 17.8 Å². The lowest BCUT2D eigenvalue weighted by atomic mass is 10.1. The van der Waals surface area contributed by atoms with Gasteiger partial charge >= 0.3 is 0 Å². The molecule has 1 aromatic heterocycles. The summed E-state index contributed by atoms with van der Waals surface area (Å²) in [5.74, 6) is 0.0603. The largest absolute Gasteiger partial charge is 0.356 e. The van der Waals surface area contributed by atoms with E-state index in [1.165, 1.54) is 56.3 Å². The molecule has 22 heavy (non-hydrogen) atoms. The molecule has 0 aliphatic heterocycles. The first-order valence-corrected chi connectivity index (χ1v) is 9.45. The minimum absolute atomic E-state index is 0.00662. The monoisotopic (exact) mass is 323 g/mol. The number of rotatable bonds is 13. The number of hydrogen-bond donors (Lipinski definition) is 1. The van der Waals surface area contributed by atoms with Gasteiger partial charge in [0.25, 0.3) is 0 Å². The molecular weight excluding hydrogens is 294 g/mol. The molecule has 0 saturated carbocycles. The van der Waals surface area contributed by atoms with Gasteiger partial charge < -0.3 is 5.32 Å². The van der Waals surface area contributed by atoms with Gasteiger partial charge in [-0.15, -0.1) is 11.3 Å². The van der Waals surface area contributed by atoms with Crippen molar-refractivity contribution in [3.8, 4) is 0 Å². The maximum atomic E-state index is 11.8. The predicted molar refractivity (Wildman–Crippen MR) is 93.5 cm³/mol. The van der Waals surface area contributed by atoms with Gasteiger partial charge in [-0.2, -0.15) is 0 Å². The standard InChI is InChI=1S/C18H29NO2S/c1-2-3-4-5-6-7-8-9-14-19-18(21)13-12-16(20)17-11-10-15-22-17/h10-11,15H,2-9,12-14H2,1H3,(H,19,21). The van der Waals surface area contributed by atoms with Crippen molar-refractivity contribution in [2.24, 2.45) is 0 Å². The maximum Gasteiger partial charge on any atom is 0.220 e. The van der Waals surface area contributed by atoms with Crippen LogP contribution >= 0.6 is 11.3 Å². The highest BCUT2D eigenvalue weighted by atomic mass is 32.1. The second-order valence-electron chi connectivity index (χ2n) is 5.73. The van der Waals surface area contributed by atoms with E-state index in [1.807, 2.05) is 17.5 Å². The summed E-state index contributed by atoms with van der Waals surface area (Å²) in [6, 6.07) is 3.67. The molecule has 3 nitrogen and oxygen atoms in total. The average Bonchev–Trinajstić information content (AvgIpc) is 3.05. The Balaban J connectivity index is 1.92. The summed E-state index contributed by atoms with van der Waals surface area (Å²) in [4.78, 5) is 24.2. The van der Waals surface area contributed by atoms with Gasteiger partial charge in [0.2, 0.25) is 5.91 Å². The summed E-state index contributed by atoms with van der Waals surface area (Å²) < 4.78 is 0. The van der Waals surface area contributed by atoms with E-state index in [0.29, 0.717) is 12.8 Å². The van der Waals surface area contributed by atoms with Gasteiger partial charge in [0.05, 0.1) is 4.88 Å². The van der Waals surface area contributed by atoms with E-state index >= 15 is 0 Å². The molecule has 0 aromatic carbocycles. The number of carbonyl (C=O) groups excluding carboxylic acids is 2. The molecule has 0 spiro atoms. The third kappa shape index (κ3) is 8.98. The molecular formula is C18H29NO2S. The number of amides is 1. The molecule has 0 aliphatic rings. The van der Waals surface area contributed by atoms with Crippen LogP contribution in [0, 0.1) is 0 Å². The van der Waals surface area contributed by atoms with Crippen LogP contribution in [0.4, 0.5) is 0 Å². The fourth-order valence-electron chi connectivity index (χ4n) is 2.36. The Morgan fingerprint density at radius 2 is 1.68 bits per heavy atom. The van der Waals surface area contributed by atoms with E-state index < -0.39 is 0 Å². The van der Waals surface area contributed by atoms with E-state index in [-0.39, 0.29) is 11.7 Å². The topological polar surface area (TPSA) is 46.2 Å². The number of thiophene rings is 1. The van der Waals surface area contributed by atoms with Crippen molar-refractivity contribution < 1.29 is 9.59 Å². The number of hydrogen-bond acceptors (Lipinski definition) is 3. The molecule has 4 heteroatoms. The summed E-state index contributed by atoms with van der Waals surface area (Å²) in [6.07, 6.45) is 10.7. The Bertz CT molecular complexity index is 415. The van der Waals surface area contributed by atoms with Crippen LogP contribution in [-0.2, 0) is 4.79 Å². The molecule has 1 rings (SSSR count). The predicted octanol–water partition coefficient (Wildman–Crippen LogP) is 4.97. The summed E-state index contributed by atoms with van der Waals surface area (Å²) >= 11 is 1.44. The number of carbonyl (C=O) groups is 2. The summed E-state index contributed by atoms with van der Waals surface area (Å²) in [5.41, 5.74) is 0. The zero-order valence-electron chi connectivity index (χ0n) is 13.7. The molecule has 0 bridgehead atoms. The van der Waals surface area contributed by atoms with E-state index in [1.54, 1.807) is 0 Å². The Hall–Kier alpha value is -1.16. The first kappa shape index (κ1) is 18.9. The lowest BCUT2D eigenvalue weighted by Crippen LogP contribution is -2.24. The fourth-order valence-corrected chi connectivity index (χ4v) is 3.06. The minimum Gasteiger partial charge on any atom is -0.356 e. The van der Waals surface area contributed by atoms with Crippen molar-refractivity contribution >= 4 is 23.0 Å². The lowest BCUT2D eigenvalue weighted by Gasteiger charge is -2.05. The Kier molecular flexibility index (Phi) is 10.6. The molecule has 1 aromatic rings. The van der Waals surface area contributed by atoms with Gasteiger partial charge in [-0.25, -0.2) is 0 Å². The fraction of sp³-hybridized carbons (Fsp3) is 0.667. The number of Topliss-reactive ketones (excluding diaryl/α,β-unsaturated/α-hetero) is 1. The Labute approximate surface area is 138 Å². The van der Waals surface area contributed by atoms with Crippen LogP contribution in [0.1, 0.15) is 80.8 Å². The van der Waals surface area contributed by atoms with E-state index in [4.69, 9.17) is 0 Å². The molecule has 0 unspecified atom stereocenters.